The van der Waals surface area contributed by atoms with Crippen LogP contribution < -0.4 is 5.32 Å². The summed E-state index contributed by atoms with van der Waals surface area (Å²) < 4.78 is 7.17. The third kappa shape index (κ3) is 3.17. The molecule has 0 spiro atoms. The fourth-order valence-electron chi connectivity index (χ4n) is 3.32. The summed E-state index contributed by atoms with van der Waals surface area (Å²) in [4.78, 5) is 17.8. The minimum absolute atomic E-state index is 0.200. The molecule has 1 N–H and O–H groups in total. The third-order valence-electron chi connectivity index (χ3n) is 4.82. The first-order chi connectivity index (χ1) is 13.4. The smallest absolute Gasteiger partial charge is 0.256 e. The van der Waals surface area contributed by atoms with E-state index < -0.39 is 0 Å². The SMILES string of the molecule is Cc1nn(C)c2nc(-c3ccco3)cc(C(=O)Nc3ccc(C(C)C)cc3)c12. The number of carbonyl (C=O) groups excluding carboxylic acids is 1. The molecule has 0 radical (unpaired) electrons. The van der Waals surface area contributed by atoms with Gasteiger partial charge in [-0.2, -0.15) is 5.10 Å². The van der Waals surface area contributed by atoms with E-state index in [0.717, 1.165) is 16.8 Å². The average molecular weight is 374 g/mol. The average Bonchev–Trinajstić information content (AvgIpc) is 3.30. The molecule has 0 aliphatic carbocycles. The van der Waals surface area contributed by atoms with Crippen LogP contribution in [0.5, 0.6) is 0 Å². The molecule has 0 saturated carbocycles. The zero-order valence-corrected chi connectivity index (χ0v) is 16.4. The lowest BCUT2D eigenvalue weighted by molar-refractivity contribution is 0.102. The van der Waals surface area contributed by atoms with Gasteiger partial charge in [-0.25, -0.2) is 4.98 Å². The van der Waals surface area contributed by atoms with Crippen molar-refractivity contribution in [1.82, 2.24) is 14.8 Å². The molecule has 0 bridgehead atoms. The first kappa shape index (κ1) is 18.0. The van der Waals surface area contributed by atoms with Gasteiger partial charge in [0.15, 0.2) is 11.4 Å². The van der Waals surface area contributed by atoms with Gasteiger partial charge in [0.2, 0.25) is 0 Å². The van der Waals surface area contributed by atoms with Gasteiger partial charge in [0, 0.05) is 12.7 Å². The lowest BCUT2D eigenvalue weighted by atomic mass is 10.0. The maximum absolute atomic E-state index is 13.1. The number of carbonyl (C=O) groups is 1. The Morgan fingerprint density at radius 2 is 1.93 bits per heavy atom. The maximum atomic E-state index is 13.1. The second kappa shape index (κ2) is 6.96. The summed E-state index contributed by atoms with van der Waals surface area (Å²) in [6, 6.07) is 13.3. The number of amides is 1. The number of nitrogens with zero attached hydrogens (tertiary/aromatic N) is 3. The van der Waals surface area contributed by atoms with Gasteiger partial charge in [-0.05, 0) is 48.7 Å². The van der Waals surface area contributed by atoms with Crippen molar-refractivity contribution < 1.29 is 9.21 Å². The van der Waals surface area contributed by atoms with E-state index in [0.29, 0.717) is 28.6 Å². The van der Waals surface area contributed by atoms with Crippen LogP contribution in [0.25, 0.3) is 22.5 Å². The van der Waals surface area contributed by atoms with Crippen LogP contribution in [0, 0.1) is 6.92 Å². The van der Waals surface area contributed by atoms with Gasteiger partial charge in [0.25, 0.3) is 5.91 Å². The highest BCUT2D eigenvalue weighted by atomic mass is 16.3. The fourth-order valence-corrected chi connectivity index (χ4v) is 3.32. The van der Waals surface area contributed by atoms with Crippen LogP contribution in [0.3, 0.4) is 0 Å². The van der Waals surface area contributed by atoms with Crippen LogP contribution in [-0.2, 0) is 7.05 Å². The van der Waals surface area contributed by atoms with Crippen molar-refractivity contribution in [3.8, 4) is 11.5 Å². The van der Waals surface area contributed by atoms with E-state index in [-0.39, 0.29) is 5.91 Å². The van der Waals surface area contributed by atoms with Crippen molar-refractivity contribution in [2.75, 3.05) is 5.32 Å². The standard InChI is InChI=1S/C22H22N4O2/c1-13(2)15-7-9-16(10-8-15)23-22(27)17-12-18(19-6-5-11-28-19)24-21-20(17)14(3)25-26(21)4/h5-13H,1-4H3,(H,23,27). The third-order valence-corrected chi connectivity index (χ3v) is 4.82. The molecular weight excluding hydrogens is 352 g/mol. The van der Waals surface area contributed by atoms with Crippen LogP contribution >= 0.6 is 0 Å². The molecule has 28 heavy (non-hydrogen) atoms. The summed E-state index contributed by atoms with van der Waals surface area (Å²) in [6.45, 7) is 6.16. The van der Waals surface area contributed by atoms with Gasteiger partial charge in [-0.1, -0.05) is 26.0 Å². The van der Waals surface area contributed by atoms with Crippen molar-refractivity contribution in [3.63, 3.8) is 0 Å². The molecule has 0 fully saturated rings. The first-order valence-corrected chi connectivity index (χ1v) is 9.23. The van der Waals surface area contributed by atoms with Crippen LogP contribution in [0.4, 0.5) is 5.69 Å². The summed E-state index contributed by atoms with van der Waals surface area (Å²) in [5, 5.41) is 8.17. The number of aryl methyl sites for hydroxylation is 2. The minimum atomic E-state index is -0.200. The molecule has 4 aromatic rings. The van der Waals surface area contributed by atoms with Gasteiger partial charge in [-0.3, -0.25) is 9.48 Å². The Morgan fingerprint density at radius 3 is 2.57 bits per heavy atom. The number of furan rings is 1. The molecule has 4 rings (SSSR count). The molecule has 0 saturated heterocycles. The zero-order chi connectivity index (χ0) is 19.8. The van der Waals surface area contributed by atoms with Gasteiger partial charge in [0.1, 0.15) is 5.69 Å². The van der Waals surface area contributed by atoms with Gasteiger partial charge in [0.05, 0.1) is 22.9 Å². The van der Waals surface area contributed by atoms with Crippen molar-refractivity contribution in [2.45, 2.75) is 26.7 Å². The monoisotopic (exact) mass is 374 g/mol. The Balaban J connectivity index is 1.77. The Bertz CT molecular complexity index is 1140. The highest BCUT2D eigenvalue weighted by Gasteiger charge is 2.20. The predicted molar refractivity (Wildman–Crippen MR) is 109 cm³/mol. The van der Waals surface area contributed by atoms with Crippen molar-refractivity contribution in [3.05, 3.63) is 65.5 Å². The molecule has 0 aliphatic rings. The molecule has 0 unspecified atom stereocenters. The highest BCUT2D eigenvalue weighted by molar-refractivity contribution is 6.13. The molecule has 3 aromatic heterocycles. The van der Waals surface area contributed by atoms with Crippen molar-refractivity contribution in [2.24, 2.45) is 7.05 Å². The molecule has 1 amide bonds. The van der Waals surface area contributed by atoms with Crippen LogP contribution in [-0.4, -0.2) is 20.7 Å². The number of anilines is 1. The number of fused-ring (bicyclic) bond motifs is 1. The largest absolute Gasteiger partial charge is 0.463 e. The lowest BCUT2D eigenvalue weighted by Crippen LogP contribution is -2.13. The molecule has 6 heteroatoms. The second-order valence-corrected chi connectivity index (χ2v) is 7.17. The fraction of sp³-hybridized carbons (Fsp3) is 0.227. The van der Waals surface area contributed by atoms with Crippen LogP contribution in [0.15, 0.2) is 53.1 Å². The van der Waals surface area contributed by atoms with E-state index >= 15 is 0 Å². The molecule has 1 aromatic carbocycles. The Labute approximate surface area is 163 Å². The number of nitrogens with one attached hydrogen (secondary N) is 1. The summed E-state index contributed by atoms with van der Waals surface area (Å²) in [7, 11) is 1.82. The topological polar surface area (TPSA) is 73.0 Å². The molecule has 3 heterocycles. The van der Waals surface area contributed by atoms with E-state index in [4.69, 9.17) is 4.42 Å². The van der Waals surface area contributed by atoms with Gasteiger partial charge in [-0.15, -0.1) is 0 Å². The van der Waals surface area contributed by atoms with E-state index in [1.54, 1.807) is 23.1 Å². The molecule has 142 valence electrons. The van der Waals surface area contributed by atoms with E-state index in [1.165, 1.54) is 5.56 Å². The lowest BCUT2D eigenvalue weighted by Gasteiger charge is -2.10. The Morgan fingerprint density at radius 1 is 1.18 bits per heavy atom. The number of benzene rings is 1. The van der Waals surface area contributed by atoms with E-state index in [1.807, 2.05) is 44.3 Å². The number of rotatable bonds is 4. The molecule has 6 nitrogen and oxygen atoms in total. The maximum Gasteiger partial charge on any atom is 0.256 e. The van der Waals surface area contributed by atoms with E-state index in [9.17, 15) is 4.79 Å². The van der Waals surface area contributed by atoms with Crippen LogP contribution in [0.1, 0.15) is 41.4 Å². The summed E-state index contributed by atoms with van der Waals surface area (Å²) in [5.74, 6) is 0.850. The number of hydrogen-bond acceptors (Lipinski definition) is 4. The van der Waals surface area contributed by atoms with Gasteiger partial charge < -0.3 is 9.73 Å². The van der Waals surface area contributed by atoms with E-state index in [2.05, 4.69) is 29.2 Å². The summed E-state index contributed by atoms with van der Waals surface area (Å²) >= 11 is 0. The number of aromatic nitrogens is 3. The highest BCUT2D eigenvalue weighted by Crippen LogP contribution is 2.28. The van der Waals surface area contributed by atoms with Gasteiger partial charge >= 0.3 is 0 Å². The van der Waals surface area contributed by atoms with Crippen LogP contribution in [0.2, 0.25) is 0 Å². The number of pyridine rings is 1. The molecular formula is C22H22N4O2. The quantitative estimate of drug-likeness (QED) is 0.551. The predicted octanol–water partition coefficient (Wildman–Crippen LogP) is 4.91. The van der Waals surface area contributed by atoms with Crippen molar-refractivity contribution >= 4 is 22.6 Å². The Hall–Kier alpha value is -3.41. The summed E-state index contributed by atoms with van der Waals surface area (Å²) in [6.07, 6.45) is 1.59. The second-order valence-electron chi connectivity index (χ2n) is 7.17. The normalized spacial score (nSPS) is 11.3. The minimum Gasteiger partial charge on any atom is -0.463 e. The first-order valence-electron chi connectivity index (χ1n) is 9.23. The number of hydrogen-bond donors (Lipinski definition) is 1. The summed E-state index contributed by atoms with van der Waals surface area (Å²) in [5.41, 5.74) is 4.51. The Kier molecular flexibility index (Phi) is 4.47. The zero-order valence-electron chi connectivity index (χ0n) is 16.4. The molecule has 0 aliphatic heterocycles. The van der Waals surface area contributed by atoms with Crippen molar-refractivity contribution in [1.29, 1.82) is 0 Å². The molecule has 0 atom stereocenters.